The average molecular weight is 659 g/mol. The van der Waals surface area contributed by atoms with Crippen LogP contribution in [0, 0.1) is 10.8 Å². The van der Waals surface area contributed by atoms with E-state index in [0.717, 1.165) is 42.7 Å². The van der Waals surface area contributed by atoms with Gasteiger partial charge in [-0.1, -0.05) is 44.2 Å². The van der Waals surface area contributed by atoms with E-state index in [0.29, 0.717) is 39.8 Å². The number of amides is 1. The maximum atomic E-state index is 14.1. The van der Waals surface area contributed by atoms with Crippen molar-refractivity contribution in [3.05, 3.63) is 106 Å². The van der Waals surface area contributed by atoms with Gasteiger partial charge < -0.3 is 25.1 Å². The molecule has 10 nitrogen and oxygen atoms in total. The molecule has 10 heteroatoms. The summed E-state index contributed by atoms with van der Waals surface area (Å²) in [5.74, 6) is 0.453. The summed E-state index contributed by atoms with van der Waals surface area (Å²) in [6.07, 6.45) is 2.76. The number of hydrogen-bond acceptors (Lipinski definition) is 6. The van der Waals surface area contributed by atoms with Crippen LogP contribution in [0.4, 0.5) is 5.69 Å². The highest BCUT2D eigenvalue weighted by Crippen LogP contribution is 2.42. The van der Waals surface area contributed by atoms with Crippen molar-refractivity contribution in [3.8, 4) is 28.2 Å². The number of hydrogen-bond donors (Lipinski definition) is 6. The molecule has 2 heterocycles. The van der Waals surface area contributed by atoms with Gasteiger partial charge in [0.1, 0.15) is 17.1 Å². The van der Waals surface area contributed by atoms with E-state index in [1.807, 2.05) is 61.2 Å². The first-order valence-corrected chi connectivity index (χ1v) is 16.5. The lowest BCUT2D eigenvalue weighted by atomic mass is 9.75. The quantitative estimate of drug-likeness (QED) is 0.0619. The van der Waals surface area contributed by atoms with E-state index in [4.69, 9.17) is 15.2 Å². The van der Waals surface area contributed by atoms with Gasteiger partial charge in [-0.15, -0.1) is 0 Å². The van der Waals surface area contributed by atoms with E-state index >= 15 is 0 Å². The zero-order chi connectivity index (χ0) is 34.9. The van der Waals surface area contributed by atoms with Crippen LogP contribution in [0.15, 0.2) is 94.1 Å². The Morgan fingerprint density at radius 2 is 1.61 bits per heavy atom. The maximum absolute atomic E-state index is 14.1. The molecule has 0 radical (unpaired) electrons. The number of aromatic hydroxyl groups is 1. The van der Waals surface area contributed by atoms with Crippen molar-refractivity contribution in [1.82, 2.24) is 15.5 Å². The molecule has 1 aliphatic carbocycles. The van der Waals surface area contributed by atoms with Crippen molar-refractivity contribution in [2.75, 3.05) is 18.4 Å². The van der Waals surface area contributed by atoms with Gasteiger partial charge in [-0.2, -0.15) is 0 Å². The van der Waals surface area contributed by atoms with Gasteiger partial charge in [0.15, 0.2) is 17.3 Å². The lowest BCUT2D eigenvalue weighted by Crippen LogP contribution is -2.47. The van der Waals surface area contributed by atoms with Crippen LogP contribution in [-0.4, -0.2) is 46.5 Å². The molecule has 0 aromatic heterocycles. The number of nitrogens with zero attached hydrogens (tertiary/aromatic N) is 1. The van der Waals surface area contributed by atoms with Crippen LogP contribution >= 0.6 is 0 Å². The Morgan fingerprint density at radius 1 is 0.898 bits per heavy atom. The summed E-state index contributed by atoms with van der Waals surface area (Å²) in [4.78, 5) is 28.2. The highest BCUT2D eigenvalue weighted by molar-refractivity contribution is 6.09. The Kier molecular flexibility index (Phi) is 8.90. The van der Waals surface area contributed by atoms with Crippen molar-refractivity contribution >= 4 is 34.5 Å². The zero-order valence-electron chi connectivity index (χ0n) is 28.2. The van der Waals surface area contributed by atoms with E-state index in [1.54, 1.807) is 24.3 Å². The number of likely N-dealkylation sites (tertiary alicyclic amines) is 1. The number of benzene rings is 4. The molecule has 1 saturated heterocycles. The molecule has 1 amide bonds. The molecule has 6 rings (SSSR count). The van der Waals surface area contributed by atoms with E-state index in [-0.39, 0.29) is 34.4 Å². The Hall–Kier alpha value is -5.64. The number of phenolic OH excluding ortho intramolecular Hbond substituents is 1. The second-order valence-electron chi connectivity index (χ2n) is 14.0. The SMILES string of the molecule is CC(C)(CC(C)(C)c1ccc(NC(=N)NC(=N)N2CCCC2)cc1)NC(=O)c1ccccc1-c1c2ccc(=O)cc-2oc2cc(O)ccc12. The highest BCUT2D eigenvalue weighted by Gasteiger charge is 2.32. The molecule has 2 aliphatic heterocycles. The van der Waals surface area contributed by atoms with Crippen molar-refractivity contribution in [3.63, 3.8) is 0 Å². The lowest BCUT2D eigenvalue weighted by molar-refractivity contribution is 0.0900. The Morgan fingerprint density at radius 3 is 2.35 bits per heavy atom. The second kappa shape index (κ2) is 13.1. The Balaban J connectivity index is 1.20. The van der Waals surface area contributed by atoms with Gasteiger partial charge >= 0.3 is 0 Å². The third kappa shape index (κ3) is 7.28. The molecular weight excluding hydrogens is 616 g/mol. The van der Waals surface area contributed by atoms with Gasteiger partial charge in [-0.05, 0) is 92.1 Å². The predicted molar refractivity (Wildman–Crippen MR) is 195 cm³/mol. The molecule has 252 valence electrons. The largest absolute Gasteiger partial charge is 0.508 e. The molecule has 0 saturated carbocycles. The molecule has 0 unspecified atom stereocenters. The van der Waals surface area contributed by atoms with Gasteiger partial charge in [0.2, 0.25) is 0 Å². The minimum absolute atomic E-state index is 0.0342. The van der Waals surface area contributed by atoms with Crippen LogP contribution in [0.2, 0.25) is 0 Å². The zero-order valence-corrected chi connectivity index (χ0v) is 28.2. The Bertz CT molecular complexity index is 2080. The number of fused-ring (bicyclic) bond motifs is 2. The maximum Gasteiger partial charge on any atom is 0.252 e. The van der Waals surface area contributed by atoms with Gasteiger partial charge in [0.05, 0.1) is 0 Å². The molecule has 3 aromatic carbocycles. The molecule has 49 heavy (non-hydrogen) atoms. The van der Waals surface area contributed by atoms with Crippen LogP contribution < -0.4 is 21.4 Å². The fourth-order valence-corrected chi connectivity index (χ4v) is 6.99. The van der Waals surface area contributed by atoms with Crippen LogP contribution in [0.5, 0.6) is 5.75 Å². The minimum Gasteiger partial charge on any atom is -0.508 e. The van der Waals surface area contributed by atoms with E-state index in [2.05, 4.69) is 29.8 Å². The summed E-state index contributed by atoms with van der Waals surface area (Å²) >= 11 is 0. The number of anilines is 1. The second-order valence-corrected chi connectivity index (χ2v) is 14.0. The molecule has 0 spiro atoms. The summed E-state index contributed by atoms with van der Waals surface area (Å²) in [5.41, 5.74) is 3.69. The number of carbonyl (C=O) groups excluding carboxylic acids is 1. The van der Waals surface area contributed by atoms with Crippen molar-refractivity contribution < 1.29 is 14.3 Å². The first-order chi connectivity index (χ1) is 23.3. The van der Waals surface area contributed by atoms with E-state index in [9.17, 15) is 14.7 Å². The standard InChI is InChI=1S/C39H42N6O4/c1-38(2,24-11-13-25(14-12-24)42-36(40)43-37(41)45-19-7-8-20-45)23-39(3,4)44-35(48)29-10-6-5-9-28(29)34-30-17-15-26(46)21-32(30)49-33-22-27(47)16-18-31(33)34/h5-6,9-18,21-22,46H,7-8,19-20,23H2,1-4H3,(H,44,48)(H4,40,41,42,43). The Labute approximate surface area is 285 Å². The van der Waals surface area contributed by atoms with Crippen LogP contribution in [0.1, 0.15) is 62.9 Å². The van der Waals surface area contributed by atoms with Crippen LogP contribution in [0.3, 0.4) is 0 Å². The number of rotatable bonds is 7. The third-order valence-corrected chi connectivity index (χ3v) is 9.06. The molecule has 0 atom stereocenters. The first-order valence-electron chi connectivity index (χ1n) is 16.5. The van der Waals surface area contributed by atoms with Gasteiger partial charge in [0.25, 0.3) is 5.91 Å². The molecule has 3 aliphatic rings. The summed E-state index contributed by atoms with van der Waals surface area (Å²) in [5, 5.41) is 36.5. The topological polar surface area (TPSA) is 155 Å². The number of phenols is 1. The monoisotopic (exact) mass is 658 g/mol. The third-order valence-electron chi connectivity index (χ3n) is 9.06. The first kappa shape index (κ1) is 33.3. The summed E-state index contributed by atoms with van der Waals surface area (Å²) in [6.45, 7) is 9.98. The predicted octanol–water partition coefficient (Wildman–Crippen LogP) is 7.11. The van der Waals surface area contributed by atoms with E-state index in [1.165, 1.54) is 18.2 Å². The number of guanidine groups is 2. The highest BCUT2D eigenvalue weighted by atomic mass is 16.3. The van der Waals surface area contributed by atoms with E-state index < -0.39 is 5.54 Å². The van der Waals surface area contributed by atoms with Gasteiger partial charge in [-0.25, -0.2) is 0 Å². The minimum atomic E-state index is -0.605. The fraction of sp³-hybridized carbons (Fsp3) is 0.282. The number of carbonyl (C=O) groups is 1. The molecule has 1 fully saturated rings. The van der Waals surface area contributed by atoms with Crippen molar-refractivity contribution in [2.24, 2.45) is 0 Å². The van der Waals surface area contributed by atoms with Crippen LogP contribution in [0.25, 0.3) is 33.4 Å². The fourth-order valence-electron chi connectivity index (χ4n) is 6.99. The molecular formula is C39H42N6O4. The molecule has 0 bridgehead atoms. The smallest absolute Gasteiger partial charge is 0.252 e. The summed E-state index contributed by atoms with van der Waals surface area (Å²) in [6, 6.07) is 24.7. The summed E-state index contributed by atoms with van der Waals surface area (Å²) < 4.78 is 6.02. The molecule has 3 aromatic rings. The summed E-state index contributed by atoms with van der Waals surface area (Å²) in [7, 11) is 0. The average Bonchev–Trinajstić information content (AvgIpc) is 3.59. The molecule has 6 N–H and O–H groups in total. The van der Waals surface area contributed by atoms with Gasteiger partial charge in [0, 0.05) is 58.5 Å². The lowest BCUT2D eigenvalue weighted by Gasteiger charge is -2.36. The van der Waals surface area contributed by atoms with Crippen LogP contribution in [-0.2, 0) is 5.41 Å². The normalized spacial score (nSPS) is 13.4. The van der Waals surface area contributed by atoms with Crippen molar-refractivity contribution in [2.45, 2.75) is 57.9 Å². The van der Waals surface area contributed by atoms with Gasteiger partial charge in [-0.3, -0.25) is 25.7 Å². The number of nitrogens with one attached hydrogen (secondary N) is 5. The van der Waals surface area contributed by atoms with Crippen molar-refractivity contribution in [1.29, 1.82) is 10.8 Å².